The quantitative estimate of drug-likeness (QED) is 0.686. The first kappa shape index (κ1) is 20.2. The predicted molar refractivity (Wildman–Crippen MR) is 109 cm³/mol. The van der Waals surface area contributed by atoms with Gasteiger partial charge < -0.3 is 9.80 Å². The average molecular weight is 421 g/mol. The molecule has 4 rings (SSSR count). The zero-order chi connectivity index (χ0) is 20.4. The van der Waals surface area contributed by atoms with Gasteiger partial charge in [0.1, 0.15) is 5.52 Å². The molecule has 0 spiro atoms. The van der Waals surface area contributed by atoms with E-state index in [1.807, 2.05) is 4.90 Å². The van der Waals surface area contributed by atoms with Crippen molar-refractivity contribution >= 4 is 27.0 Å². The number of likely N-dealkylation sites (N-methyl/N-ethyl adjacent to an activating group) is 1. The Kier molecular flexibility index (Phi) is 5.84. The second-order valence-corrected chi connectivity index (χ2v) is 9.80. The fraction of sp³-hybridized carbons (Fsp3) is 0.632. The third-order valence-electron chi connectivity index (χ3n) is 5.80. The molecule has 0 atom stereocenters. The van der Waals surface area contributed by atoms with Crippen LogP contribution in [-0.4, -0.2) is 89.7 Å². The highest BCUT2D eigenvalue weighted by atomic mass is 32.2. The Balaban J connectivity index is 1.38. The maximum absolute atomic E-state index is 12.7. The van der Waals surface area contributed by atoms with E-state index in [1.165, 1.54) is 4.31 Å². The summed E-state index contributed by atoms with van der Waals surface area (Å²) in [6.45, 7) is 5.15. The second kappa shape index (κ2) is 8.37. The van der Waals surface area contributed by atoms with Gasteiger partial charge in [-0.3, -0.25) is 4.79 Å². The van der Waals surface area contributed by atoms with Crippen LogP contribution >= 0.6 is 0 Å². The Hall–Kier alpha value is -2.04. The molecule has 0 unspecified atom stereocenters. The molecule has 2 saturated heterocycles. The number of aromatic nitrogens is 3. The highest BCUT2D eigenvalue weighted by Crippen LogP contribution is 2.23. The minimum Gasteiger partial charge on any atom is -0.340 e. The molecule has 2 fully saturated rings. The molecule has 9 nitrogen and oxygen atoms in total. The summed E-state index contributed by atoms with van der Waals surface area (Å²) < 4.78 is 28.7. The molecule has 2 aliphatic heterocycles. The SMILES string of the molecule is CN1CCN(C(=O)CCCn2nnc3cc(S(=O)(=O)N4CCCC4)ccc32)CC1. The monoisotopic (exact) mass is 420 g/mol. The fourth-order valence-corrected chi connectivity index (χ4v) is 5.49. The molecule has 0 N–H and O–H groups in total. The van der Waals surface area contributed by atoms with Crippen LogP contribution in [0.4, 0.5) is 0 Å². The molecule has 2 aromatic rings. The summed E-state index contributed by atoms with van der Waals surface area (Å²) in [5.41, 5.74) is 1.35. The summed E-state index contributed by atoms with van der Waals surface area (Å²) in [5, 5.41) is 8.31. The van der Waals surface area contributed by atoms with E-state index >= 15 is 0 Å². The molecule has 0 aliphatic carbocycles. The van der Waals surface area contributed by atoms with Gasteiger partial charge in [0.15, 0.2) is 0 Å². The minimum absolute atomic E-state index is 0.182. The van der Waals surface area contributed by atoms with Gasteiger partial charge >= 0.3 is 0 Å². The minimum atomic E-state index is -3.46. The Labute approximate surface area is 171 Å². The fourth-order valence-electron chi connectivity index (χ4n) is 3.95. The molecule has 0 bridgehead atoms. The molecule has 158 valence electrons. The van der Waals surface area contributed by atoms with Gasteiger partial charge in [-0.2, -0.15) is 4.31 Å². The van der Waals surface area contributed by atoms with Crippen molar-refractivity contribution in [2.45, 2.75) is 37.1 Å². The number of hydrogen-bond acceptors (Lipinski definition) is 6. The van der Waals surface area contributed by atoms with E-state index < -0.39 is 10.0 Å². The third-order valence-corrected chi connectivity index (χ3v) is 7.70. The first-order valence-electron chi connectivity index (χ1n) is 10.2. The number of hydrogen-bond donors (Lipinski definition) is 0. The van der Waals surface area contributed by atoms with E-state index in [2.05, 4.69) is 22.3 Å². The lowest BCUT2D eigenvalue weighted by atomic mass is 10.2. The first-order valence-corrected chi connectivity index (χ1v) is 11.7. The number of piperazine rings is 1. The van der Waals surface area contributed by atoms with Crippen LogP contribution < -0.4 is 0 Å². The molecule has 2 aliphatic rings. The Morgan fingerprint density at radius 2 is 1.79 bits per heavy atom. The van der Waals surface area contributed by atoms with Gasteiger partial charge in [-0.25, -0.2) is 13.1 Å². The van der Waals surface area contributed by atoms with Crippen molar-refractivity contribution in [3.05, 3.63) is 18.2 Å². The lowest BCUT2D eigenvalue weighted by molar-refractivity contribution is -0.132. The number of amides is 1. The third kappa shape index (κ3) is 4.29. The van der Waals surface area contributed by atoms with Crippen molar-refractivity contribution < 1.29 is 13.2 Å². The van der Waals surface area contributed by atoms with Gasteiger partial charge in [0.25, 0.3) is 0 Å². The highest BCUT2D eigenvalue weighted by Gasteiger charge is 2.27. The second-order valence-electron chi connectivity index (χ2n) is 7.86. The van der Waals surface area contributed by atoms with Crippen molar-refractivity contribution in [2.75, 3.05) is 46.3 Å². The van der Waals surface area contributed by atoms with Gasteiger partial charge in [0.2, 0.25) is 15.9 Å². The van der Waals surface area contributed by atoms with E-state index in [0.29, 0.717) is 38.0 Å². The summed E-state index contributed by atoms with van der Waals surface area (Å²) in [5.74, 6) is 0.182. The molecule has 10 heteroatoms. The number of carbonyl (C=O) groups is 1. The van der Waals surface area contributed by atoms with Gasteiger partial charge in [-0.05, 0) is 44.5 Å². The van der Waals surface area contributed by atoms with Crippen LogP contribution in [0, 0.1) is 0 Å². The Morgan fingerprint density at radius 1 is 1.07 bits per heavy atom. The molecule has 29 heavy (non-hydrogen) atoms. The maximum Gasteiger partial charge on any atom is 0.243 e. The van der Waals surface area contributed by atoms with Crippen LogP contribution in [-0.2, 0) is 21.4 Å². The van der Waals surface area contributed by atoms with Gasteiger partial charge in [0, 0.05) is 52.2 Å². The first-order chi connectivity index (χ1) is 13.9. The van der Waals surface area contributed by atoms with Crippen LogP contribution in [0.15, 0.2) is 23.1 Å². The number of rotatable bonds is 6. The summed E-state index contributed by atoms with van der Waals surface area (Å²) >= 11 is 0. The number of nitrogens with zero attached hydrogens (tertiary/aromatic N) is 6. The lowest BCUT2D eigenvalue weighted by Gasteiger charge is -2.32. The number of fused-ring (bicyclic) bond motifs is 1. The van der Waals surface area contributed by atoms with Crippen molar-refractivity contribution in [3.63, 3.8) is 0 Å². The predicted octanol–water partition coefficient (Wildman–Crippen LogP) is 0.770. The van der Waals surface area contributed by atoms with Crippen LogP contribution in [0.25, 0.3) is 11.0 Å². The summed E-state index contributed by atoms with van der Waals surface area (Å²) in [7, 11) is -1.39. The van der Waals surface area contributed by atoms with Crippen molar-refractivity contribution in [1.29, 1.82) is 0 Å². The number of aryl methyl sites for hydroxylation is 1. The van der Waals surface area contributed by atoms with E-state index in [-0.39, 0.29) is 10.8 Å². The van der Waals surface area contributed by atoms with Crippen LogP contribution in [0.2, 0.25) is 0 Å². The summed E-state index contributed by atoms with van der Waals surface area (Å²) in [6, 6.07) is 4.99. The van der Waals surface area contributed by atoms with E-state index in [1.54, 1.807) is 22.9 Å². The maximum atomic E-state index is 12.7. The molecule has 0 saturated carbocycles. The highest BCUT2D eigenvalue weighted by molar-refractivity contribution is 7.89. The average Bonchev–Trinajstić information content (AvgIpc) is 3.39. The van der Waals surface area contributed by atoms with Crippen molar-refractivity contribution in [3.8, 4) is 0 Å². The molecule has 1 amide bonds. The molecule has 0 radical (unpaired) electrons. The Bertz CT molecular complexity index is 975. The topological polar surface area (TPSA) is 91.6 Å². The standard InChI is InChI=1S/C19H28N6O3S/c1-22-11-13-23(14-12-22)19(26)5-4-10-25-18-7-6-16(15-17(18)20-21-25)29(27,28)24-8-2-3-9-24/h6-7,15H,2-5,8-14H2,1H3. The van der Waals surface area contributed by atoms with Crippen LogP contribution in [0.5, 0.6) is 0 Å². The lowest BCUT2D eigenvalue weighted by Crippen LogP contribution is -2.47. The van der Waals surface area contributed by atoms with Gasteiger partial charge in [-0.1, -0.05) is 5.21 Å². The number of sulfonamides is 1. The van der Waals surface area contributed by atoms with E-state index in [9.17, 15) is 13.2 Å². The zero-order valence-electron chi connectivity index (χ0n) is 16.8. The number of carbonyl (C=O) groups excluding carboxylic acids is 1. The van der Waals surface area contributed by atoms with Crippen LogP contribution in [0.3, 0.4) is 0 Å². The summed E-state index contributed by atoms with van der Waals surface area (Å²) in [6.07, 6.45) is 2.97. The largest absolute Gasteiger partial charge is 0.340 e. The number of benzene rings is 1. The molecule has 1 aromatic heterocycles. The zero-order valence-corrected chi connectivity index (χ0v) is 17.6. The van der Waals surface area contributed by atoms with Crippen LogP contribution in [0.1, 0.15) is 25.7 Å². The smallest absolute Gasteiger partial charge is 0.243 e. The summed E-state index contributed by atoms with van der Waals surface area (Å²) in [4.78, 5) is 16.8. The van der Waals surface area contributed by atoms with Crippen molar-refractivity contribution in [1.82, 2.24) is 29.1 Å². The van der Waals surface area contributed by atoms with Gasteiger partial charge in [-0.15, -0.1) is 5.10 Å². The van der Waals surface area contributed by atoms with E-state index in [0.717, 1.165) is 44.5 Å². The molecule has 3 heterocycles. The molecular formula is C19H28N6O3S. The van der Waals surface area contributed by atoms with E-state index in [4.69, 9.17) is 0 Å². The molecular weight excluding hydrogens is 392 g/mol. The van der Waals surface area contributed by atoms with Crippen molar-refractivity contribution in [2.24, 2.45) is 0 Å². The van der Waals surface area contributed by atoms with Gasteiger partial charge in [0.05, 0.1) is 10.4 Å². The normalized spacial score (nSPS) is 19.3. The molecule has 1 aromatic carbocycles. The Morgan fingerprint density at radius 3 is 2.52 bits per heavy atom.